The third-order valence-corrected chi connectivity index (χ3v) is 7.79. The van der Waals surface area contributed by atoms with Gasteiger partial charge in [-0.1, -0.05) is 0 Å². The smallest absolute Gasteiger partial charge is 0.250 e. The Morgan fingerprint density at radius 2 is 1.91 bits per heavy atom. The predicted octanol–water partition coefficient (Wildman–Crippen LogP) is 1.97. The number of fused-ring (bicyclic) bond motifs is 1. The van der Waals surface area contributed by atoms with E-state index in [4.69, 9.17) is 0 Å². The molecule has 14 heteroatoms. The molecule has 0 spiro atoms. The van der Waals surface area contributed by atoms with Crippen molar-refractivity contribution in [2.45, 2.75) is 44.6 Å². The Labute approximate surface area is 245 Å². The lowest BCUT2D eigenvalue weighted by Gasteiger charge is -2.25. The Morgan fingerprint density at radius 1 is 1.12 bits per heavy atom. The number of hydrogen-bond acceptors (Lipinski definition) is 8. The van der Waals surface area contributed by atoms with Crippen molar-refractivity contribution in [2.24, 2.45) is 7.05 Å². The van der Waals surface area contributed by atoms with Crippen molar-refractivity contribution in [1.29, 1.82) is 0 Å². The van der Waals surface area contributed by atoms with E-state index in [0.29, 0.717) is 46.6 Å². The summed E-state index contributed by atoms with van der Waals surface area (Å²) in [4.78, 5) is 62.9. The van der Waals surface area contributed by atoms with Gasteiger partial charge in [0, 0.05) is 60.6 Å². The number of ketones is 1. The number of hydrogen-bond donors (Lipinski definition) is 2. The van der Waals surface area contributed by atoms with Gasteiger partial charge in [0.15, 0.2) is 11.6 Å². The number of rotatable bonds is 8. The number of likely N-dealkylation sites (tertiary alicyclic amines) is 1. The molecule has 0 saturated carbocycles. The van der Waals surface area contributed by atoms with E-state index in [0.717, 1.165) is 0 Å². The van der Waals surface area contributed by atoms with Crippen molar-refractivity contribution in [1.82, 2.24) is 34.5 Å². The van der Waals surface area contributed by atoms with Gasteiger partial charge in [0.2, 0.25) is 11.8 Å². The highest BCUT2D eigenvalue weighted by molar-refractivity contribution is 6.08. The summed E-state index contributed by atoms with van der Waals surface area (Å²) in [6.07, 6.45) is 6.81. The predicted molar refractivity (Wildman–Crippen MR) is 154 cm³/mol. The average molecular weight is 588 g/mol. The molecule has 0 aliphatic carbocycles. The first kappa shape index (κ1) is 28.0. The van der Waals surface area contributed by atoms with Crippen LogP contribution in [-0.2, 0) is 28.0 Å². The van der Waals surface area contributed by atoms with Gasteiger partial charge in [0.05, 0.1) is 24.6 Å². The third kappa shape index (κ3) is 5.55. The highest BCUT2D eigenvalue weighted by Gasteiger charge is 2.42. The van der Waals surface area contributed by atoms with Crippen molar-refractivity contribution in [3.63, 3.8) is 0 Å². The van der Waals surface area contributed by atoms with Gasteiger partial charge in [-0.25, -0.2) is 14.4 Å². The summed E-state index contributed by atoms with van der Waals surface area (Å²) in [5, 5.41) is 10.8. The standard InChI is InChI=1S/C29H30FN9O4/c1-17(40)22-14-37(24-4-3-19(10-21(22)24)33-20-11-31-16-32-12-20)15-27(41)39-13-18(30)9-25(39)28(42)34-23-5-8-38(29(23)43)26-6-7-36(2)35-26/h3-4,6-7,10-12,14,16,18,23,25,33H,5,8-9,13,15H2,1-2H3,(H,34,42). The number of carbonyl (C=O) groups is 4. The Morgan fingerprint density at radius 3 is 2.63 bits per heavy atom. The molecule has 6 rings (SSSR count). The Bertz CT molecular complexity index is 1720. The molecular formula is C29H30FN9O4. The number of aromatic nitrogens is 5. The zero-order valence-electron chi connectivity index (χ0n) is 23.6. The van der Waals surface area contributed by atoms with Crippen LogP contribution >= 0.6 is 0 Å². The molecule has 0 radical (unpaired) electrons. The van der Waals surface area contributed by atoms with Gasteiger partial charge in [-0.3, -0.25) is 28.8 Å². The number of halogens is 1. The van der Waals surface area contributed by atoms with E-state index in [1.54, 1.807) is 65.3 Å². The molecule has 3 aromatic heterocycles. The Hall–Kier alpha value is -5.14. The maximum atomic E-state index is 14.6. The van der Waals surface area contributed by atoms with Gasteiger partial charge in [-0.15, -0.1) is 0 Å². The van der Waals surface area contributed by atoms with Crippen LogP contribution in [0.5, 0.6) is 0 Å². The number of nitrogens with one attached hydrogen (secondary N) is 2. The molecule has 2 saturated heterocycles. The summed E-state index contributed by atoms with van der Waals surface area (Å²) in [6.45, 7) is 1.40. The van der Waals surface area contributed by atoms with Crippen LogP contribution < -0.4 is 15.5 Å². The topological polar surface area (TPSA) is 147 Å². The molecule has 5 heterocycles. The van der Waals surface area contributed by atoms with E-state index < -0.39 is 30.1 Å². The molecule has 13 nitrogen and oxygen atoms in total. The number of aryl methyl sites for hydroxylation is 1. The zero-order valence-corrected chi connectivity index (χ0v) is 23.6. The van der Waals surface area contributed by atoms with E-state index in [-0.39, 0.29) is 31.2 Å². The number of amides is 3. The Kier molecular flexibility index (Phi) is 7.34. The molecule has 3 unspecified atom stereocenters. The highest BCUT2D eigenvalue weighted by Crippen LogP contribution is 2.29. The van der Waals surface area contributed by atoms with Gasteiger partial charge >= 0.3 is 0 Å². The lowest BCUT2D eigenvalue weighted by atomic mass is 10.1. The van der Waals surface area contributed by atoms with Crippen LogP contribution in [0.25, 0.3) is 10.9 Å². The Balaban J connectivity index is 1.17. The number of carbonyl (C=O) groups excluding carboxylic acids is 4. The second-order valence-electron chi connectivity index (χ2n) is 10.8. The summed E-state index contributed by atoms with van der Waals surface area (Å²) in [5.74, 6) is -1.03. The molecule has 4 aromatic rings. The molecule has 2 N–H and O–H groups in total. The average Bonchev–Trinajstić information content (AvgIpc) is 3.76. The van der Waals surface area contributed by atoms with Crippen LogP contribution in [0.3, 0.4) is 0 Å². The lowest BCUT2D eigenvalue weighted by molar-refractivity contribution is -0.139. The maximum Gasteiger partial charge on any atom is 0.250 e. The minimum atomic E-state index is -1.38. The molecular weight excluding hydrogens is 557 g/mol. The van der Waals surface area contributed by atoms with Crippen molar-refractivity contribution >= 4 is 51.6 Å². The summed E-state index contributed by atoms with van der Waals surface area (Å²) in [5.41, 5.74) is 2.43. The zero-order chi connectivity index (χ0) is 30.2. The lowest BCUT2D eigenvalue weighted by Crippen LogP contribution is -2.51. The summed E-state index contributed by atoms with van der Waals surface area (Å²) in [7, 11) is 1.75. The van der Waals surface area contributed by atoms with Crippen molar-refractivity contribution in [3.8, 4) is 0 Å². The monoisotopic (exact) mass is 587 g/mol. The van der Waals surface area contributed by atoms with E-state index in [9.17, 15) is 23.6 Å². The van der Waals surface area contributed by atoms with E-state index >= 15 is 0 Å². The fourth-order valence-electron chi connectivity index (χ4n) is 5.72. The second kappa shape index (κ2) is 11.3. The summed E-state index contributed by atoms with van der Waals surface area (Å²) < 4.78 is 17.8. The molecule has 1 aromatic carbocycles. The molecule has 2 aliphatic rings. The largest absolute Gasteiger partial charge is 0.353 e. The highest BCUT2D eigenvalue weighted by atomic mass is 19.1. The third-order valence-electron chi connectivity index (χ3n) is 7.79. The number of nitrogens with zero attached hydrogens (tertiary/aromatic N) is 7. The fraction of sp³-hybridized carbons (Fsp3) is 0.345. The van der Waals surface area contributed by atoms with Gasteiger partial charge in [-0.2, -0.15) is 5.10 Å². The number of anilines is 3. The molecule has 0 bridgehead atoms. The first-order valence-electron chi connectivity index (χ1n) is 13.9. The first-order chi connectivity index (χ1) is 20.7. The number of benzene rings is 1. The summed E-state index contributed by atoms with van der Waals surface area (Å²) in [6, 6.07) is 5.25. The molecule has 222 valence electrons. The van der Waals surface area contributed by atoms with E-state index in [2.05, 4.69) is 25.7 Å². The van der Waals surface area contributed by atoms with Crippen LogP contribution in [0, 0.1) is 0 Å². The minimum Gasteiger partial charge on any atom is -0.353 e. The van der Waals surface area contributed by atoms with Crippen LogP contribution in [0.15, 0.2) is 55.4 Å². The SMILES string of the molecule is CC(=O)c1cn(CC(=O)N2CC(F)CC2C(=O)NC2CCN(c3ccn(C)n3)C2=O)c2ccc(Nc3cncnc3)cc12. The quantitative estimate of drug-likeness (QED) is 0.298. The van der Waals surface area contributed by atoms with Gasteiger partial charge in [-0.05, 0) is 31.5 Å². The molecule has 3 atom stereocenters. The molecule has 43 heavy (non-hydrogen) atoms. The maximum absolute atomic E-state index is 14.6. The number of alkyl halides is 1. The van der Waals surface area contributed by atoms with E-state index in [1.807, 2.05) is 0 Å². The van der Waals surface area contributed by atoms with Crippen LogP contribution in [0.1, 0.15) is 30.1 Å². The van der Waals surface area contributed by atoms with Gasteiger partial charge < -0.3 is 20.1 Å². The van der Waals surface area contributed by atoms with Crippen LogP contribution in [0.2, 0.25) is 0 Å². The minimum absolute atomic E-state index is 0.161. The van der Waals surface area contributed by atoms with Gasteiger partial charge in [0.1, 0.15) is 31.1 Å². The molecule has 2 fully saturated rings. The molecule has 3 amide bonds. The van der Waals surface area contributed by atoms with Crippen LogP contribution in [-0.4, -0.2) is 84.1 Å². The van der Waals surface area contributed by atoms with Gasteiger partial charge in [0.25, 0.3) is 5.91 Å². The van der Waals surface area contributed by atoms with E-state index in [1.165, 1.54) is 23.1 Å². The second-order valence-corrected chi connectivity index (χ2v) is 10.8. The van der Waals surface area contributed by atoms with Crippen molar-refractivity contribution in [2.75, 3.05) is 23.3 Å². The molecule has 2 aliphatic heterocycles. The summed E-state index contributed by atoms with van der Waals surface area (Å²) >= 11 is 0. The van der Waals surface area contributed by atoms with Crippen molar-refractivity contribution in [3.05, 3.63) is 60.9 Å². The normalized spacial score (nSPS) is 20.2. The van der Waals surface area contributed by atoms with Crippen molar-refractivity contribution < 1.29 is 23.6 Å². The number of Topliss-reactive ketones (excluding diaryl/α,β-unsaturated/α-hetero) is 1. The fourth-order valence-corrected chi connectivity index (χ4v) is 5.72. The van der Waals surface area contributed by atoms with Crippen LogP contribution in [0.4, 0.5) is 21.6 Å². The first-order valence-corrected chi connectivity index (χ1v) is 13.9.